The molecule has 1 heterocycles. The van der Waals surface area contributed by atoms with Crippen LogP contribution in [0.15, 0.2) is 4.99 Å². The van der Waals surface area contributed by atoms with Gasteiger partial charge >= 0.3 is 5.97 Å². The van der Waals surface area contributed by atoms with Crippen molar-refractivity contribution in [1.29, 1.82) is 0 Å². The first-order chi connectivity index (χ1) is 12.0. The Labute approximate surface area is 148 Å². The van der Waals surface area contributed by atoms with E-state index in [0.717, 1.165) is 0 Å². The summed E-state index contributed by atoms with van der Waals surface area (Å²) in [5.74, 6) is -1.96. The van der Waals surface area contributed by atoms with Gasteiger partial charge in [0, 0.05) is 0 Å². The lowest BCUT2D eigenvalue weighted by atomic mass is 9.84. The first-order valence-corrected chi connectivity index (χ1v) is 8.08. The summed E-state index contributed by atoms with van der Waals surface area (Å²) in [5, 5.41) is 57.8. The molecule has 0 bridgehead atoms. The van der Waals surface area contributed by atoms with E-state index in [4.69, 9.17) is 26.0 Å². The van der Waals surface area contributed by atoms with Gasteiger partial charge in [0.05, 0.1) is 18.2 Å². The third-order valence-electron chi connectivity index (χ3n) is 4.64. The second kappa shape index (κ2) is 8.10. The third-order valence-corrected chi connectivity index (χ3v) is 4.64. The van der Waals surface area contributed by atoms with Crippen molar-refractivity contribution < 1.29 is 44.9 Å². The summed E-state index contributed by atoms with van der Waals surface area (Å²) in [6.07, 6.45) is -11.7. The predicted octanol–water partition coefficient (Wildman–Crippen LogP) is -4.54. The van der Waals surface area contributed by atoms with Gasteiger partial charge in [-0.2, -0.15) is 0 Å². The number of ether oxygens (including phenoxy) is 2. The molecule has 0 aromatic carbocycles. The van der Waals surface area contributed by atoms with E-state index in [1.165, 1.54) is 0 Å². The number of nitrogens with two attached hydrogens (primary N) is 2. The molecule has 26 heavy (non-hydrogen) atoms. The molecule has 0 aromatic rings. The van der Waals surface area contributed by atoms with Crippen LogP contribution in [0, 0.1) is 0 Å². The molecule has 0 radical (unpaired) electrons. The number of amidine groups is 1. The third kappa shape index (κ3) is 4.13. The van der Waals surface area contributed by atoms with E-state index in [1.54, 1.807) is 6.92 Å². The minimum atomic E-state index is -1.74. The molecule has 0 spiro atoms. The average Bonchev–Trinajstić information content (AvgIpc) is 2.58. The lowest BCUT2D eigenvalue weighted by Gasteiger charge is -2.45. The van der Waals surface area contributed by atoms with Crippen molar-refractivity contribution in [3.63, 3.8) is 0 Å². The Balaban J connectivity index is 2.07. The molecule has 2 unspecified atom stereocenters. The predicted molar refractivity (Wildman–Crippen MR) is 84.9 cm³/mol. The molecule has 1 aliphatic carbocycles. The van der Waals surface area contributed by atoms with E-state index in [2.05, 4.69) is 4.99 Å². The first kappa shape index (κ1) is 20.9. The molecule has 12 nitrogen and oxygen atoms in total. The van der Waals surface area contributed by atoms with Crippen LogP contribution in [0.2, 0.25) is 0 Å². The van der Waals surface area contributed by atoms with E-state index < -0.39 is 72.9 Å². The van der Waals surface area contributed by atoms with Crippen LogP contribution in [-0.4, -0.2) is 104 Å². The molecule has 150 valence electrons. The minimum absolute atomic E-state index is 0.145. The number of carboxylic acids is 1. The van der Waals surface area contributed by atoms with Gasteiger partial charge in [-0.25, -0.2) is 4.79 Å². The minimum Gasteiger partial charge on any atom is -0.475 e. The summed E-state index contributed by atoms with van der Waals surface area (Å²) < 4.78 is 11.0. The summed E-state index contributed by atoms with van der Waals surface area (Å²) in [6, 6.07) is -1.46. The highest BCUT2D eigenvalue weighted by Gasteiger charge is 2.50. The van der Waals surface area contributed by atoms with Gasteiger partial charge < -0.3 is 51.6 Å². The standard InChI is InChI=1S/C14H25N3O9/c1-3-5(17-12(16)13(23)24)2-4(15)14(25-3)26-11-9(21)7(19)6(18)8(20)10(11)22/h3-11,14,18-22H,2,15H2,1H3,(H2,16,17)(H,23,24)/t3-,4+,5-,6?,7+,8+,9-,10+,11?,14-/m1/s1. The van der Waals surface area contributed by atoms with Crippen molar-refractivity contribution in [2.24, 2.45) is 16.5 Å². The van der Waals surface area contributed by atoms with Crippen LogP contribution in [-0.2, 0) is 14.3 Å². The molecule has 1 aliphatic heterocycles. The summed E-state index contributed by atoms with van der Waals surface area (Å²) in [6.45, 7) is 1.59. The number of nitrogens with zero attached hydrogens (tertiary/aromatic N) is 1. The fourth-order valence-corrected chi connectivity index (χ4v) is 3.02. The molecule has 2 aliphatic rings. The maximum absolute atomic E-state index is 10.8. The number of aliphatic carboxylic acids is 1. The maximum atomic E-state index is 10.8. The number of rotatable bonds is 3. The van der Waals surface area contributed by atoms with Crippen LogP contribution in [0.5, 0.6) is 0 Å². The average molecular weight is 379 g/mol. The van der Waals surface area contributed by atoms with E-state index in [0.29, 0.717) is 0 Å². The summed E-state index contributed by atoms with van der Waals surface area (Å²) in [4.78, 5) is 14.6. The van der Waals surface area contributed by atoms with Crippen LogP contribution in [0.1, 0.15) is 13.3 Å². The molecule has 2 fully saturated rings. The van der Waals surface area contributed by atoms with Gasteiger partial charge in [-0.1, -0.05) is 0 Å². The van der Waals surface area contributed by atoms with Crippen molar-refractivity contribution in [3.05, 3.63) is 0 Å². The Morgan fingerprint density at radius 1 is 1.08 bits per heavy atom. The zero-order valence-electron chi connectivity index (χ0n) is 14.0. The Morgan fingerprint density at radius 3 is 2.08 bits per heavy atom. The largest absolute Gasteiger partial charge is 0.475 e. The molecule has 10 N–H and O–H groups in total. The van der Waals surface area contributed by atoms with E-state index in [-0.39, 0.29) is 6.42 Å². The van der Waals surface area contributed by atoms with E-state index in [9.17, 15) is 30.3 Å². The monoisotopic (exact) mass is 379 g/mol. The summed E-state index contributed by atoms with van der Waals surface area (Å²) >= 11 is 0. The van der Waals surface area contributed by atoms with Crippen molar-refractivity contribution in [1.82, 2.24) is 0 Å². The van der Waals surface area contributed by atoms with E-state index >= 15 is 0 Å². The second-order valence-electron chi connectivity index (χ2n) is 6.55. The van der Waals surface area contributed by atoms with Crippen molar-refractivity contribution >= 4 is 11.8 Å². The topological polar surface area (TPSA) is 221 Å². The molecule has 1 saturated carbocycles. The highest BCUT2D eigenvalue weighted by molar-refractivity contribution is 6.33. The molecule has 1 saturated heterocycles. The number of aliphatic hydroxyl groups is 5. The molecular weight excluding hydrogens is 354 g/mol. The van der Waals surface area contributed by atoms with Crippen molar-refractivity contribution in [2.75, 3.05) is 0 Å². The van der Waals surface area contributed by atoms with Crippen LogP contribution in [0.4, 0.5) is 0 Å². The van der Waals surface area contributed by atoms with Gasteiger partial charge in [-0.15, -0.1) is 0 Å². The highest BCUT2D eigenvalue weighted by Crippen LogP contribution is 2.29. The number of aliphatic hydroxyl groups excluding tert-OH is 5. The van der Waals surface area contributed by atoms with Crippen molar-refractivity contribution in [3.8, 4) is 0 Å². The van der Waals surface area contributed by atoms with Gasteiger partial charge in [-0.05, 0) is 13.3 Å². The number of hydrogen-bond acceptors (Lipinski definition) is 10. The molecule has 10 atom stereocenters. The summed E-state index contributed by atoms with van der Waals surface area (Å²) in [7, 11) is 0. The lowest BCUT2D eigenvalue weighted by molar-refractivity contribution is -0.293. The van der Waals surface area contributed by atoms with Gasteiger partial charge in [0.25, 0.3) is 0 Å². The van der Waals surface area contributed by atoms with Gasteiger partial charge in [0.2, 0.25) is 5.84 Å². The zero-order chi connectivity index (χ0) is 19.8. The number of carbonyl (C=O) groups is 1. The molecular formula is C14H25N3O9. The van der Waals surface area contributed by atoms with Crippen molar-refractivity contribution in [2.45, 2.75) is 74.4 Å². The molecule has 2 rings (SSSR count). The van der Waals surface area contributed by atoms with Crippen LogP contribution in [0.25, 0.3) is 0 Å². The van der Waals surface area contributed by atoms with Gasteiger partial charge in [0.1, 0.15) is 36.6 Å². The highest BCUT2D eigenvalue weighted by atomic mass is 16.7. The first-order valence-electron chi connectivity index (χ1n) is 8.08. The van der Waals surface area contributed by atoms with Crippen LogP contribution in [0.3, 0.4) is 0 Å². The zero-order valence-corrected chi connectivity index (χ0v) is 14.0. The van der Waals surface area contributed by atoms with Gasteiger partial charge in [-0.3, -0.25) is 4.99 Å². The quantitative estimate of drug-likeness (QED) is 0.172. The van der Waals surface area contributed by atoms with Gasteiger partial charge in [0.15, 0.2) is 6.29 Å². The van der Waals surface area contributed by atoms with Crippen LogP contribution < -0.4 is 11.5 Å². The fourth-order valence-electron chi connectivity index (χ4n) is 3.02. The molecule has 12 heteroatoms. The summed E-state index contributed by atoms with van der Waals surface area (Å²) in [5.41, 5.74) is 11.2. The second-order valence-corrected chi connectivity index (χ2v) is 6.55. The molecule has 0 aromatic heterocycles. The number of carboxylic acid groups (broad SMARTS) is 1. The Hall–Kier alpha value is -1.38. The normalized spacial score (nSPS) is 47.6. The smallest absolute Gasteiger partial charge is 0.370 e. The fraction of sp³-hybridized carbons (Fsp3) is 0.857. The number of aliphatic imine (C=N–C) groups is 1. The van der Waals surface area contributed by atoms with E-state index in [1.807, 2.05) is 0 Å². The SMILES string of the molecule is C[C@H]1O[C@H](OC2[C@@H](O)[C@@H](O)C(O)[C@H](O)[C@H]2O)[C@@H](N)C[C@H]1N=C(N)C(=O)O. The lowest BCUT2D eigenvalue weighted by Crippen LogP contribution is -2.66. The Kier molecular flexibility index (Phi) is 6.52. The Bertz CT molecular complexity index is 532. The number of hydrogen-bond donors (Lipinski definition) is 8. The maximum Gasteiger partial charge on any atom is 0.370 e. The molecule has 0 amide bonds. The Morgan fingerprint density at radius 2 is 1.58 bits per heavy atom. The van der Waals surface area contributed by atoms with Crippen LogP contribution >= 0.6 is 0 Å².